The van der Waals surface area contributed by atoms with E-state index in [1.807, 2.05) is 0 Å². The predicted octanol–water partition coefficient (Wildman–Crippen LogP) is 5.03. The molecule has 140 valence electrons. The van der Waals surface area contributed by atoms with Gasteiger partial charge in [0, 0.05) is 41.7 Å². The molecule has 2 amide bonds. The largest absolute Gasteiger partial charge is 0.486 e. The normalized spacial score (nSPS) is 18.0. The van der Waals surface area contributed by atoms with E-state index in [1.165, 1.54) is 0 Å². The smallest absolute Gasteiger partial charge is 0.321 e. The van der Waals surface area contributed by atoms with E-state index < -0.39 is 5.60 Å². The molecule has 7 heteroatoms. The monoisotopic (exact) mass is 404 g/mol. The topological polar surface area (TPSA) is 58.6 Å². The molecule has 0 saturated carbocycles. The van der Waals surface area contributed by atoms with E-state index in [2.05, 4.69) is 5.32 Å². The van der Waals surface area contributed by atoms with Crippen molar-refractivity contribution < 1.29 is 14.3 Å². The average Bonchev–Trinajstić information content (AvgIpc) is 2.61. The molecule has 2 aromatic carbocycles. The van der Waals surface area contributed by atoms with Crippen LogP contribution in [0.3, 0.4) is 0 Å². The van der Waals surface area contributed by atoms with Crippen molar-refractivity contribution in [3.05, 3.63) is 58.1 Å². The second-order valence-electron chi connectivity index (χ2n) is 6.95. The number of hydrogen-bond acceptors (Lipinski definition) is 3. The molecule has 1 saturated heterocycles. The van der Waals surface area contributed by atoms with E-state index in [4.69, 9.17) is 27.9 Å². The number of Topliss-reactive ketones (excluding diaryl/α,β-unsaturated/α-hetero) is 1. The fourth-order valence-electron chi connectivity index (χ4n) is 3.63. The van der Waals surface area contributed by atoms with Crippen LogP contribution < -0.4 is 10.1 Å². The SMILES string of the molecule is O=C1CC2(CCN(C(=O)Nc3cccc(Cl)c3)CC2)Oc2cc(Cl)ccc21. The first-order chi connectivity index (χ1) is 12.9. The van der Waals surface area contributed by atoms with Gasteiger partial charge in [-0.05, 0) is 36.4 Å². The molecule has 0 aliphatic carbocycles. The van der Waals surface area contributed by atoms with E-state index in [1.54, 1.807) is 47.4 Å². The fourth-order valence-corrected chi connectivity index (χ4v) is 3.99. The second-order valence-corrected chi connectivity index (χ2v) is 7.83. The Morgan fingerprint density at radius 1 is 1.07 bits per heavy atom. The fraction of sp³-hybridized carbons (Fsp3) is 0.300. The third-order valence-corrected chi connectivity index (χ3v) is 5.56. The van der Waals surface area contributed by atoms with Gasteiger partial charge in [0.2, 0.25) is 0 Å². The van der Waals surface area contributed by atoms with Crippen LogP contribution in [0.5, 0.6) is 5.75 Å². The van der Waals surface area contributed by atoms with E-state index in [0.29, 0.717) is 59.4 Å². The van der Waals surface area contributed by atoms with Crippen LogP contribution in [0.2, 0.25) is 10.0 Å². The summed E-state index contributed by atoms with van der Waals surface area (Å²) in [5.74, 6) is 0.598. The van der Waals surface area contributed by atoms with Crippen LogP contribution in [0.25, 0.3) is 0 Å². The molecule has 0 unspecified atom stereocenters. The first-order valence-corrected chi connectivity index (χ1v) is 9.53. The number of carbonyl (C=O) groups is 2. The van der Waals surface area contributed by atoms with Gasteiger partial charge in [-0.3, -0.25) is 4.79 Å². The lowest BCUT2D eigenvalue weighted by molar-refractivity contribution is 0.000401. The summed E-state index contributed by atoms with van der Waals surface area (Å²) in [6, 6.07) is 11.9. The number of hydrogen-bond donors (Lipinski definition) is 1. The predicted molar refractivity (Wildman–Crippen MR) is 105 cm³/mol. The molecule has 27 heavy (non-hydrogen) atoms. The summed E-state index contributed by atoms with van der Waals surface area (Å²) in [6.07, 6.45) is 1.51. The number of amides is 2. The minimum Gasteiger partial charge on any atom is -0.486 e. The maximum absolute atomic E-state index is 12.5. The molecule has 5 nitrogen and oxygen atoms in total. The minimum atomic E-state index is -0.568. The number of carbonyl (C=O) groups excluding carboxylic acids is 2. The summed E-state index contributed by atoms with van der Waals surface area (Å²) in [6.45, 7) is 1.02. The van der Waals surface area contributed by atoms with Crippen molar-refractivity contribution in [3.8, 4) is 5.75 Å². The zero-order valence-electron chi connectivity index (χ0n) is 14.5. The van der Waals surface area contributed by atoms with Crippen molar-refractivity contribution in [1.29, 1.82) is 0 Å². The van der Waals surface area contributed by atoms with Crippen molar-refractivity contribution in [2.24, 2.45) is 0 Å². The van der Waals surface area contributed by atoms with Crippen LogP contribution >= 0.6 is 23.2 Å². The Kier molecular flexibility index (Phi) is 4.74. The number of urea groups is 1. The first kappa shape index (κ1) is 18.1. The number of likely N-dealkylation sites (tertiary alicyclic amines) is 1. The molecular weight excluding hydrogens is 387 g/mol. The molecule has 0 bridgehead atoms. The third kappa shape index (κ3) is 3.75. The van der Waals surface area contributed by atoms with Gasteiger partial charge in [0.25, 0.3) is 0 Å². The van der Waals surface area contributed by atoms with Crippen molar-refractivity contribution in [3.63, 3.8) is 0 Å². The molecule has 2 aliphatic rings. The van der Waals surface area contributed by atoms with Crippen LogP contribution in [0, 0.1) is 0 Å². The number of ether oxygens (including phenoxy) is 1. The number of piperidine rings is 1. The standard InChI is InChI=1S/C20H18Cl2N2O3/c21-13-2-1-3-15(10-13)23-19(26)24-8-6-20(7-9-24)12-17(25)16-5-4-14(22)11-18(16)27-20/h1-5,10-11H,6-9,12H2,(H,23,26). The maximum Gasteiger partial charge on any atom is 0.321 e. The van der Waals surface area contributed by atoms with Crippen molar-refractivity contribution in [1.82, 2.24) is 4.90 Å². The Labute approximate surface area is 167 Å². The van der Waals surface area contributed by atoms with Crippen LogP contribution in [-0.4, -0.2) is 35.4 Å². The summed E-state index contributed by atoms with van der Waals surface area (Å²) in [5, 5.41) is 3.96. The highest BCUT2D eigenvalue weighted by atomic mass is 35.5. The molecule has 1 N–H and O–H groups in total. The van der Waals surface area contributed by atoms with Crippen LogP contribution in [0.1, 0.15) is 29.6 Å². The van der Waals surface area contributed by atoms with Crippen LogP contribution in [0.4, 0.5) is 10.5 Å². The Hall–Kier alpha value is -2.24. The van der Waals surface area contributed by atoms with Gasteiger partial charge >= 0.3 is 6.03 Å². The van der Waals surface area contributed by atoms with Gasteiger partial charge in [0.1, 0.15) is 11.4 Å². The molecule has 1 fully saturated rings. The number of nitrogens with one attached hydrogen (secondary N) is 1. The van der Waals surface area contributed by atoms with Gasteiger partial charge < -0.3 is 15.0 Å². The molecule has 4 rings (SSSR count). The summed E-state index contributed by atoms with van der Waals surface area (Å²) >= 11 is 12.0. The zero-order valence-corrected chi connectivity index (χ0v) is 16.0. The number of fused-ring (bicyclic) bond motifs is 1. The summed E-state index contributed by atoms with van der Waals surface area (Å²) in [5.41, 5.74) is 0.660. The van der Waals surface area contributed by atoms with Gasteiger partial charge in [-0.25, -0.2) is 4.79 Å². The van der Waals surface area contributed by atoms with Gasteiger partial charge in [0.05, 0.1) is 12.0 Å². The van der Waals surface area contributed by atoms with Crippen molar-refractivity contribution in [2.75, 3.05) is 18.4 Å². The molecular formula is C20H18Cl2N2O3. The summed E-state index contributed by atoms with van der Waals surface area (Å²) in [4.78, 5) is 26.8. The minimum absolute atomic E-state index is 0.0599. The number of benzene rings is 2. The van der Waals surface area contributed by atoms with Crippen LogP contribution in [0.15, 0.2) is 42.5 Å². The van der Waals surface area contributed by atoms with Gasteiger partial charge in [-0.2, -0.15) is 0 Å². The van der Waals surface area contributed by atoms with E-state index in [-0.39, 0.29) is 11.8 Å². The van der Waals surface area contributed by atoms with E-state index >= 15 is 0 Å². The van der Waals surface area contributed by atoms with Crippen LogP contribution in [-0.2, 0) is 0 Å². The average molecular weight is 405 g/mol. The molecule has 0 radical (unpaired) electrons. The summed E-state index contributed by atoms with van der Waals surface area (Å²) in [7, 11) is 0. The van der Waals surface area contributed by atoms with Gasteiger partial charge in [-0.15, -0.1) is 0 Å². The Morgan fingerprint density at radius 3 is 2.56 bits per heavy atom. The number of anilines is 1. The number of halogens is 2. The number of ketones is 1. The first-order valence-electron chi connectivity index (χ1n) is 8.77. The molecule has 1 spiro atoms. The van der Waals surface area contributed by atoms with Crippen molar-refractivity contribution in [2.45, 2.75) is 24.9 Å². The molecule has 2 aliphatic heterocycles. The maximum atomic E-state index is 12.5. The van der Waals surface area contributed by atoms with Gasteiger partial charge in [-0.1, -0.05) is 29.3 Å². The zero-order chi connectivity index (χ0) is 19.0. The Morgan fingerprint density at radius 2 is 1.81 bits per heavy atom. The molecule has 0 atom stereocenters. The number of rotatable bonds is 1. The molecule has 0 aromatic heterocycles. The highest BCUT2D eigenvalue weighted by Gasteiger charge is 2.43. The quantitative estimate of drug-likeness (QED) is 0.725. The number of nitrogens with zero attached hydrogens (tertiary/aromatic N) is 1. The summed E-state index contributed by atoms with van der Waals surface area (Å²) < 4.78 is 6.19. The highest BCUT2D eigenvalue weighted by molar-refractivity contribution is 6.31. The Bertz CT molecular complexity index is 908. The van der Waals surface area contributed by atoms with E-state index in [0.717, 1.165) is 0 Å². The highest BCUT2D eigenvalue weighted by Crippen LogP contribution is 2.40. The lowest BCUT2D eigenvalue weighted by Crippen LogP contribution is -2.53. The van der Waals surface area contributed by atoms with Crippen molar-refractivity contribution >= 4 is 40.7 Å². The molecule has 2 aromatic rings. The molecule has 2 heterocycles. The lowest BCUT2D eigenvalue weighted by atomic mass is 9.82. The van der Waals surface area contributed by atoms with Gasteiger partial charge in [0.15, 0.2) is 5.78 Å². The lowest BCUT2D eigenvalue weighted by Gasteiger charge is -2.43. The van der Waals surface area contributed by atoms with E-state index in [9.17, 15) is 9.59 Å². The second kappa shape index (κ2) is 7.06. The third-order valence-electron chi connectivity index (χ3n) is 5.09. The Balaban J connectivity index is 1.43.